The van der Waals surface area contributed by atoms with E-state index in [-0.39, 0.29) is 11.9 Å². The summed E-state index contributed by atoms with van der Waals surface area (Å²) < 4.78 is 5.03. The number of nitrogens with one attached hydrogen (secondary N) is 1. The average molecular weight is 257 g/mol. The van der Waals surface area contributed by atoms with Gasteiger partial charge in [0.05, 0.1) is 12.6 Å². The van der Waals surface area contributed by atoms with Crippen LogP contribution in [-0.4, -0.2) is 37.1 Å². The molecule has 0 aromatic rings. The maximum Gasteiger partial charge on any atom is 0.326 e. The zero-order valence-electron chi connectivity index (χ0n) is 11.1. The quantitative estimate of drug-likeness (QED) is 0.509. The van der Waals surface area contributed by atoms with E-state index in [1.54, 1.807) is 14.0 Å². The van der Waals surface area contributed by atoms with Gasteiger partial charge in [0.25, 0.3) is 0 Å². The fourth-order valence-electron chi connectivity index (χ4n) is 2.15. The predicted molar refractivity (Wildman–Crippen MR) is 67.6 cm³/mol. The number of rotatable bonds is 8. The van der Waals surface area contributed by atoms with Gasteiger partial charge in [-0.3, -0.25) is 9.59 Å². The molecule has 0 spiro atoms. The molecule has 0 heterocycles. The largest absolute Gasteiger partial charge is 0.465 e. The second-order valence-electron chi connectivity index (χ2n) is 4.82. The average Bonchev–Trinajstić information content (AvgIpc) is 3.13. The molecule has 6 nitrogen and oxygen atoms in total. The highest BCUT2D eigenvalue weighted by Gasteiger charge is 2.49. The van der Waals surface area contributed by atoms with E-state index in [2.05, 4.69) is 5.32 Å². The molecule has 1 amide bonds. The Labute approximate surface area is 107 Å². The van der Waals surface area contributed by atoms with Gasteiger partial charge < -0.3 is 21.5 Å². The van der Waals surface area contributed by atoms with Crippen molar-refractivity contribution in [3.8, 4) is 0 Å². The summed E-state index contributed by atoms with van der Waals surface area (Å²) >= 11 is 0. The summed E-state index contributed by atoms with van der Waals surface area (Å²) in [5.74, 6) is -0.631. The van der Waals surface area contributed by atoms with E-state index < -0.39 is 17.5 Å². The monoisotopic (exact) mass is 257 g/mol. The van der Waals surface area contributed by atoms with Crippen molar-refractivity contribution in [3.63, 3.8) is 0 Å². The van der Waals surface area contributed by atoms with Crippen LogP contribution < -0.4 is 16.8 Å². The maximum absolute atomic E-state index is 11.9. The maximum atomic E-state index is 11.9. The van der Waals surface area contributed by atoms with E-state index in [4.69, 9.17) is 16.2 Å². The first kappa shape index (κ1) is 14.9. The molecule has 0 aromatic heterocycles. The number of ether oxygens (including phenoxy) is 1. The van der Waals surface area contributed by atoms with Crippen molar-refractivity contribution in [1.29, 1.82) is 0 Å². The summed E-state index contributed by atoms with van der Waals surface area (Å²) in [5, 5.41) is 2.82. The van der Waals surface area contributed by atoms with Gasteiger partial charge in [-0.2, -0.15) is 0 Å². The highest BCUT2D eigenvalue weighted by Crippen LogP contribution is 2.41. The second kappa shape index (κ2) is 6.15. The Morgan fingerprint density at radius 1 is 1.50 bits per heavy atom. The third-order valence-corrected chi connectivity index (χ3v) is 3.50. The first-order valence-corrected chi connectivity index (χ1v) is 6.38. The molecule has 0 aliphatic heterocycles. The lowest BCUT2D eigenvalue weighted by Crippen LogP contribution is -2.52. The molecule has 5 N–H and O–H groups in total. The van der Waals surface area contributed by atoms with Crippen LogP contribution in [0.25, 0.3) is 0 Å². The van der Waals surface area contributed by atoms with Gasteiger partial charge in [-0.05, 0) is 45.6 Å². The lowest BCUT2D eigenvalue weighted by Gasteiger charge is -2.28. The van der Waals surface area contributed by atoms with Gasteiger partial charge in [-0.25, -0.2) is 0 Å². The fourth-order valence-corrected chi connectivity index (χ4v) is 2.15. The molecule has 0 radical (unpaired) electrons. The number of primary amides is 1. The van der Waals surface area contributed by atoms with E-state index >= 15 is 0 Å². The number of carbonyl (C=O) groups excluding carboxylic acids is 2. The van der Waals surface area contributed by atoms with Crippen LogP contribution in [0.5, 0.6) is 0 Å². The van der Waals surface area contributed by atoms with Crippen molar-refractivity contribution in [2.75, 3.05) is 13.7 Å². The van der Waals surface area contributed by atoms with Crippen molar-refractivity contribution < 1.29 is 14.3 Å². The Hall–Kier alpha value is -1.14. The minimum absolute atomic E-state index is 0.168. The van der Waals surface area contributed by atoms with E-state index in [1.807, 2.05) is 0 Å². The number of likely N-dealkylation sites (N-methyl/N-ethyl adjacent to an activating group) is 1. The Balaban J connectivity index is 2.62. The molecule has 1 fully saturated rings. The molecule has 0 saturated heterocycles. The lowest BCUT2D eigenvalue weighted by molar-refractivity contribution is -0.151. The molecule has 1 aliphatic rings. The topological polar surface area (TPSA) is 107 Å². The molecule has 1 aliphatic carbocycles. The van der Waals surface area contributed by atoms with E-state index in [9.17, 15) is 9.59 Å². The molecule has 2 atom stereocenters. The van der Waals surface area contributed by atoms with Crippen molar-refractivity contribution in [2.24, 2.45) is 17.4 Å². The van der Waals surface area contributed by atoms with Gasteiger partial charge in [-0.15, -0.1) is 0 Å². The van der Waals surface area contributed by atoms with E-state index in [0.717, 1.165) is 12.8 Å². The van der Waals surface area contributed by atoms with E-state index in [0.29, 0.717) is 19.4 Å². The molecular weight excluding hydrogens is 234 g/mol. The zero-order chi connectivity index (χ0) is 13.8. The van der Waals surface area contributed by atoms with Crippen LogP contribution in [0.3, 0.4) is 0 Å². The normalized spacial score (nSPS) is 19.9. The van der Waals surface area contributed by atoms with Crippen LogP contribution in [0.1, 0.15) is 32.6 Å². The van der Waals surface area contributed by atoms with Gasteiger partial charge in [0, 0.05) is 0 Å². The van der Waals surface area contributed by atoms with Crippen LogP contribution in [0, 0.1) is 5.92 Å². The van der Waals surface area contributed by atoms with Crippen LogP contribution >= 0.6 is 0 Å². The van der Waals surface area contributed by atoms with Crippen LogP contribution in [0.15, 0.2) is 0 Å². The van der Waals surface area contributed by atoms with Crippen molar-refractivity contribution in [3.05, 3.63) is 0 Å². The number of esters is 1. The number of hydrogen-bond donors (Lipinski definition) is 3. The van der Waals surface area contributed by atoms with Crippen LogP contribution in [0.2, 0.25) is 0 Å². The van der Waals surface area contributed by atoms with Crippen LogP contribution in [0.4, 0.5) is 0 Å². The van der Waals surface area contributed by atoms with Gasteiger partial charge in [-0.1, -0.05) is 0 Å². The fraction of sp³-hybridized carbons (Fsp3) is 0.833. The summed E-state index contributed by atoms with van der Waals surface area (Å²) in [6.45, 7) is 2.07. The highest BCUT2D eigenvalue weighted by molar-refractivity contribution is 5.82. The second-order valence-corrected chi connectivity index (χ2v) is 4.82. The van der Waals surface area contributed by atoms with Crippen molar-refractivity contribution in [1.82, 2.24) is 5.32 Å². The molecule has 1 rings (SSSR count). The Bertz CT molecular complexity index is 318. The molecule has 104 valence electrons. The summed E-state index contributed by atoms with van der Waals surface area (Å²) in [7, 11) is 1.66. The molecule has 1 saturated carbocycles. The summed E-state index contributed by atoms with van der Waals surface area (Å²) in [5.41, 5.74) is 10.5. The zero-order valence-corrected chi connectivity index (χ0v) is 11.1. The molecule has 18 heavy (non-hydrogen) atoms. The lowest BCUT2D eigenvalue weighted by atomic mass is 9.87. The van der Waals surface area contributed by atoms with Crippen molar-refractivity contribution in [2.45, 2.75) is 44.2 Å². The summed E-state index contributed by atoms with van der Waals surface area (Å²) in [6.07, 6.45) is 2.73. The summed E-state index contributed by atoms with van der Waals surface area (Å²) in [4.78, 5) is 23.1. The predicted octanol–water partition coefficient (Wildman–Crippen LogP) is -0.489. The SMILES string of the molecule is CCOC(=O)C(N)(CCC(NC)C(N)=O)C1CC1. The molecule has 2 unspecified atom stereocenters. The van der Waals surface area contributed by atoms with Gasteiger partial charge in [0.2, 0.25) is 5.91 Å². The molecule has 0 bridgehead atoms. The first-order chi connectivity index (χ1) is 8.45. The van der Waals surface area contributed by atoms with Crippen molar-refractivity contribution >= 4 is 11.9 Å². The van der Waals surface area contributed by atoms with Gasteiger partial charge >= 0.3 is 5.97 Å². The number of hydrogen-bond acceptors (Lipinski definition) is 5. The minimum atomic E-state index is -0.972. The number of carbonyl (C=O) groups is 2. The standard InChI is InChI=1S/C12H23N3O3/c1-3-18-11(17)12(14,8-4-5-8)7-6-9(15-2)10(13)16/h8-9,15H,3-7,14H2,1-2H3,(H2,13,16). The Kier molecular flexibility index (Phi) is 5.10. The van der Waals surface area contributed by atoms with Crippen LogP contribution in [-0.2, 0) is 14.3 Å². The first-order valence-electron chi connectivity index (χ1n) is 6.38. The van der Waals surface area contributed by atoms with Gasteiger partial charge in [0.1, 0.15) is 5.54 Å². The third kappa shape index (κ3) is 3.43. The molecular formula is C12H23N3O3. The third-order valence-electron chi connectivity index (χ3n) is 3.50. The number of amides is 1. The molecule has 6 heteroatoms. The minimum Gasteiger partial charge on any atom is -0.465 e. The van der Waals surface area contributed by atoms with E-state index in [1.165, 1.54) is 0 Å². The Morgan fingerprint density at radius 2 is 2.11 bits per heavy atom. The Morgan fingerprint density at radius 3 is 2.50 bits per heavy atom. The number of nitrogens with two attached hydrogens (primary N) is 2. The summed E-state index contributed by atoms with van der Waals surface area (Å²) in [6, 6.07) is -0.457. The van der Waals surface area contributed by atoms with Gasteiger partial charge in [0.15, 0.2) is 0 Å². The molecule has 0 aromatic carbocycles. The highest BCUT2D eigenvalue weighted by atomic mass is 16.5. The smallest absolute Gasteiger partial charge is 0.326 e.